The molecule has 0 bridgehead atoms. The molecule has 1 aliphatic heterocycles. The summed E-state index contributed by atoms with van der Waals surface area (Å²) in [5.41, 5.74) is 3.74. The summed E-state index contributed by atoms with van der Waals surface area (Å²) >= 11 is 7.48. The van der Waals surface area contributed by atoms with E-state index in [0.29, 0.717) is 40.9 Å². The number of carbonyl (C=O) groups is 2. The highest BCUT2D eigenvalue weighted by Gasteiger charge is 2.32. The van der Waals surface area contributed by atoms with Crippen molar-refractivity contribution in [2.75, 3.05) is 19.6 Å². The van der Waals surface area contributed by atoms with Crippen LogP contribution in [0.3, 0.4) is 0 Å². The fourth-order valence-electron chi connectivity index (χ4n) is 5.03. The second-order valence-electron chi connectivity index (χ2n) is 9.74. The van der Waals surface area contributed by atoms with Crippen molar-refractivity contribution in [3.63, 3.8) is 0 Å². The zero-order chi connectivity index (χ0) is 27.1. The Hall–Kier alpha value is -4.01. The van der Waals surface area contributed by atoms with Crippen LogP contribution in [0, 0.1) is 6.92 Å². The summed E-state index contributed by atoms with van der Waals surface area (Å²) < 4.78 is 1.71. The molecule has 1 aliphatic rings. The van der Waals surface area contributed by atoms with Crippen molar-refractivity contribution in [2.24, 2.45) is 0 Å². The zero-order valence-corrected chi connectivity index (χ0v) is 23.1. The van der Waals surface area contributed by atoms with Gasteiger partial charge in [0, 0.05) is 47.2 Å². The van der Waals surface area contributed by atoms with Gasteiger partial charge in [0.2, 0.25) is 5.13 Å². The van der Waals surface area contributed by atoms with E-state index in [-0.39, 0.29) is 17.9 Å². The molecule has 1 fully saturated rings. The lowest BCUT2D eigenvalue weighted by molar-refractivity contribution is 0.0414. The summed E-state index contributed by atoms with van der Waals surface area (Å²) in [6.45, 7) is 5.27. The predicted octanol–water partition coefficient (Wildman–Crippen LogP) is 6.10. The van der Waals surface area contributed by atoms with Gasteiger partial charge in [-0.1, -0.05) is 54.1 Å². The molecule has 7 nitrogen and oxygen atoms in total. The van der Waals surface area contributed by atoms with Gasteiger partial charge in [0.1, 0.15) is 0 Å². The van der Waals surface area contributed by atoms with Crippen LogP contribution in [0.5, 0.6) is 0 Å². The highest BCUT2D eigenvalue weighted by Crippen LogP contribution is 2.27. The number of halogens is 1. The van der Waals surface area contributed by atoms with E-state index in [2.05, 4.69) is 5.10 Å². The number of carbonyl (C=O) groups excluding carboxylic acids is 2. The average molecular weight is 556 g/mol. The van der Waals surface area contributed by atoms with Gasteiger partial charge >= 0.3 is 0 Å². The molecule has 39 heavy (non-hydrogen) atoms. The first-order valence-corrected chi connectivity index (χ1v) is 14.0. The van der Waals surface area contributed by atoms with Crippen LogP contribution in [0.4, 0.5) is 0 Å². The Balaban J connectivity index is 1.15. The van der Waals surface area contributed by atoms with E-state index in [0.717, 1.165) is 27.7 Å². The Bertz CT molecular complexity index is 1690. The van der Waals surface area contributed by atoms with Crippen molar-refractivity contribution >= 4 is 45.5 Å². The Kier molecular flexibility index (Phi) is 6.66. The van der Waals surface area contributed by atoms with Gasteiger partial charge in [0.15, 0.2) is 0 Å². The highest BCUT2D eigenvalue weighted by molar-refractivity contribution is 7.12. The van der Waals surface area contributed by atoms with E-state index in [1.165, 1.54) is 11.3 Å². The molecule has 2 aromatic heterocycles. The van der Waals surface area contributed by atoms with Gasteiger partial charge < -0.3 is 9.80 Å². The van der Waals surface area contributed by atoms with Gasteiger partial charge in [0.05, 0.1) is 23.1 Å². The van der Waals surface area contributed by atoms with E-state index in [1.54, 1.807) is 10.9 Å². The minimum Gasteiger partial charge on any atom is -0.335 e. The maximum atomic E-state index is 13.5. The maximum Gasteiger partial charge on any atom is 0.257 e. The van der Waals surface area contributed by atoms with Crippen molar-refractivity contribution in [2.45, 2.75) is 19.9 Å². The van der Waals surface area contributed by atoms with Crippen LogP contribution < -0.4 is 0 Å². The van der Waals surface area contributed by atoms with Gasteiger partial charge in [-0.3, -0.25) is 9.59 Å². The summed E-state index contributed by atoms with van der Waals surface area (Å²) in [5, 5.41) is 9.96. The third-order valence-corrected chi connectivity index (χ3v) is 8.29. The minimum absolute atomic E-state index is 0.00962. The topological polar surface area (TPSA) is 71.3 Å². The molecule has 0 saturated carbocycles. The molecular weight excluding hydrogens is 530 g/mol. The third-order valence-electron chi connectivity index (χ3n) is 7.23. The fraction of sp³-hybridized carbons (Fsp3) is 0.200. The third kappa shape index (κ3) is 4.82. The van der Waals surface area contributed by atoms with E-state index in [9.17, 15) is 9.59 Å². The molecule has 0 aliphatic carbocycles. The number of rotatable bonds is 4. The number of aromatic nitrogens is 3. The van der Waals surface area contributed by atoms with Gasteiger partial charge in [-0.15, -0.1) is 11.3 Å². The lowest BCUT2D eigenvalue weighted by Gasteiger charge is -2.40. The number of hydrogen-bond donors (Lipinski definition) is 0. The van der Waals surface area contributed by atoms with Crippen molar-refractivity contribution in [1.29, 1.82) is 0 Å². The number of benzene rings is 3. The molecule has 0 N–H and O–H groups in total. The monoisotopic (exact) mass is 555 g/mol. The van der Waals surface area contributed by atoms with Crippen LogP contribution in [0.15, 0.2) is 78.3 Å². The van der Waals surface area contributed by atoms with Crippen LogP contribution in [0.2, 0.25) is 5.02 Å². The smallest absolute Gasteiger partial charge is 0.257 e. The fourth-order valence-corrected chi connectivity index (χ4v) is 6.00. The summed E-state index contributed by atoms with van der Waals surface area (Å²) in [4.78, 5) is 35.2. The lowest BCUT2D eigenvalue weighted by atomic mass is 10.0. The Morgan fingerprint density at radius 1 is 0.974 bits per heavy atom. The van der Waals surface area contributed by atoms with Crippen molar-refractivity contribution in [3.05, 3.63) is 100 Å². The summed E-state index contributed by atoms with van der Waals surface area (Å²) in [5.74, 6) is -0.0949. The van der Waals surface area contributed by atoms with Crippen LogP contribution in [-0.4, -0.2) is 62.1 Å². The van der Waals surface area contributed by atoms with E-state index in [1.807, 2.05) is 95.8 Å². The SMILES string of the molecule is Cc1c(C(=O)N2CCN(C(=O)c3ccc4ccccc4c3)C(C)C2)cnn1-c1nc(-c2ccc(Cl)cc2)cs1. The number of thiazole rings is 1. The Labute approximate surface area is 235 Å². The number of piperazine rings is 1. The molecule has 9 heteroatoms. The lowest BCUT2D eigenvalue weighted by Crippen LogP contribution is -2.55. The Morgan fingerprint density at radius 2 is 1.74 bits per heavy atom. The number of hydrogen-bond acceptors (Lipinski definition) is 5. The molecular formula is C30H26ClN5O2S. The minimum atomic E-state index is -0.113. The van der Waals surface area contributed by atoms with Crippen LogP contribution in [0.1, 0.15) is 33.3 Å². The standard InChI is InChI=1S/C30H26ClN5O2S/c1-19-17-34(13-14-35(19)28(37)24-8-7-21-5-3-4-6-23(21)15-24)29(38)26-16-32-36(20(26)2)30-33-27(18-39-30)22-9-11-25(31)12-10-22/h3-12,15-16,18-19H,13-14,17H2,1-2H3. The average Bonchev–Trinajstić information content (AvgIpc) is 3.59. The number of fused-ring (bicyclic) bond motifs is 1. The van der Waals surface area contributed by atoms with Gasteiger partial charge in [-0.2, -0.15) is 5.10 Å². The van der Waals surface area contributed by atoms with Gasteiger partial charge in [-0.05, 0) is 48.9 Å². The van der Waals surface area contributed by atoms with Crippen LogP contribution in [-0.2, 0) is 0 Å². The Morgan fingerprint density at radius 3 is 2.51 bits per heavy atom. The largest absolute Gasteiger partial charge is 0.335 e. The van der Waals surface area contributed by atoms with E-state index in [4.69, 9.17) is 16.6 Å². The molecule has 3 aromatic carbocycles. The van der Waals surface area contributed by atoms with E-state index < -0.39 is 0 Å². The van der Waals surface area contributed by atoms with Crippen molar-refractivity contribution in [1.82, 2.24) is 24.6 Å². The zero-order valence-electron chi connectivity index (χ0n) is 21.5. The molecule has 1 atom stereocenters. The molecule has 6 rings (SSSR count). The molecule has 1 unspecified atom stereocenters. The molecule has 2 amide bonds. The van der Waals surface area contributed by atoms with Crippen LogP contribution >= 0.6 is 22.9 Å². The molecule has 196 valence electrons. The summed E-state index contributed by atoms with van der Waals surface area (Å²) in [6.07, 6.45) is 1.61. The summed E-state index contributed by atoms with van der Waals surface area (Å²) in [7, 11) is 0. The molecule has 5 aromatic rings. The van der Waals surface area contributed by atoms with E-state index >= 15 is 0 Å². The first-order valence-electron chi connectivity index (χ1n) is 12.7. The van der Waals surface area contributed by atoms with Crippen LogP contribution in [0.25, 0.3) is 27.2 Å². The molecule has 0 spiro atoms. The summed E-state index contributed by atoms with van der Waals surface area (Å²) in [6, 6.07) is 21.2. The van der Waals surface area contributed by atoms with Gasteiger partial charge in [-0.25, -0.2) is 9.67 Å². The predicted molar refractivity (Wildman–Crippen MR) is 155 cm³/mol. The second-order valence-corrected chi connectivity index (χ2v) is 11.0. The van der Waals surface area contributed by atoms with Crippen molar-refractivity contribution < 1.29 is 9.59 Å². The molecule has 3 heterocycles. The van der Waals surface area contributed by atoms with Crippen molar-refractivity contribution in [3.8, 4) is 16.4 Å². The molecule has 0 radical (unpaired) electrons. The number of nitrogens with zero attached hydrogens (tertiary/aromatic N) is 5. The first-order chi connectivity index (χ1) is 18.9. The first kappa shape index (κ1) is 25.3. The normalized spacial score (nSPS) is 15.6. The highest BCUT2D eigenvalue weighted by atomic mass is 35.5. The quantitative estimate of drug-likeness (QED) is 0.269. The maximum absolute atomic E-state index is 13.5. The van der Waals surface area contributed by atoms with Gasteiger partial charge in [0.25, 0.3) is 11.8 Å². The molecule has 1 saturated heterocycles. The number of amides is 2. The second kappa shape index (κ2) is 10.3.